The lowest BCUT2D eigenvalue weighted by atomic mass is 10.1. The van der Waals surface area contributed by atoms with Crippen LogP contribution in [0.4, 0.5) is 0 Å². The average Bonchev–Trinajstić information content (AvgIpc) is 3.18. The number of hydrogen-bond donors (Lipinski definition) is 2. The highest BCUT2D eigenvalue weighted by molar-refractivity contribution is 5.82. The number of aryl methyl sites for hydroxylation is 1. The second kappa shape index (κ2) is 7.23. The third-order valence-electron chi connectivity index (χ3n) is 5.07. The summed E-state index contributed by atoms with van der Waals surface area (Å²) in [4.78, 5) is 7.75. The third-order valence-corrected chi connectivity index (χ3v) is 5.07. The summed E-state index contributed by atoms with van der Waals surface area (Å²) in [6.45, 7) is 4.35. The molecule has 6 nitrogen and oxygen atoms in total. The molecular weight excluding hydrogens is 326 g/mol. The SMILES string of the molecule is CN(C)C[C@H](O)c1cc2n(n1)CCCN(Cc1cccc3[nH]ccc13)C2. The van der Waals surface area contributed by atoms with E-state index in [9.17, 15) is 5.11 Å². The summed E-state index contributed by atoms with van der Waals surface area (Å²) in [6.07, 6.45) is 2.54. The zero-order valence-corrected chi connectivity index (χ0v) is 15.5. The van der Waals surface area contributed by atoms with Gasteiger partial charge in [0.2, 0.25) is 0 Å². The number of hydrogen-bond acceptors (Lipinski definition) is 4. The van der Waals surface area contributed by atoms with Crippen LogP contribution in [0.25, 0.3) is 10.9 Å². The fraction of sp³-hybridized carbons (Fsp3) is 0.450. The lowest BCUT2D eigenvalue weighted by Gasteiger charge is -2.20. The van der Waals surface area contributed by atoms with Gasteiger partial charge < -0.3 is 15.0 Å². The maximum Gasteiger partial charge on any atom is 0.110 e. The monoisotopic (exact) mass is 353 g/mol. The molecule has 1 aliphatic rings. The Morgan fingerprint density at radius 1 is 1.27 bits per heavy atom. The topological polar surface area (TPSA) is 60.3 Å². The zero-order chi connectivity index (χ0) is 18.1. The van der Waals surface area contributed by atoms with Crippen molar-refractivity contribution in [3.05, 3.63) is 53.5 Å². The highest BCUT2D eigenvalue weighted by Gasteiger charge is 2.20. The van der Waals surface area contributed by atoms with Gasteiger partial charge in [0, 0.05) is 49.8 Å². The number of aromatic amines is 1. The number of aliphatic hydroxyl groups is 1. The van der Waals surface area contributed by atoms with E-state index in [2.05, 4.69) is 50.0 Å². The quantitative estimate of drug-likeness (QED) is 0.739. The third kappa shape index (κ3) is 3.53. The van der Waals surface area contributed by atoms with Crippen molar-refractivity contribution in [2.24, 2.45) is 0 Å². The van der Waals surface area contributed by atoms with Crippen LogP contribution >= 0.6 is 0 Å². The van der Waals surface area contributed by atoms with Gasteiger partial charge in [0.15, 0.2) is 0 Å². The summed E-state index contributed by atoms with van der Waals surface area (Å²) >= 11 is 0. The summed E-state index contributed by atoms with van der Waals surface area (Å²) in [5.74, 6) is 0. The highest BCUT2D eigenvalue weighted by atomic mass is 16.3. The Balaban J connectivity index is 1.52. The van der Waals surface area contributed by atoms with Gasteiger partial charge in [0.25, 0.3) is 0 Å². The molecule has 1 aromatic carbocycles. The lowest BCUT2D eigenvalue weighted by Crippen LogP contribution is -2.23. The van der Waals surface area contributed by atoms with Gasteiger partial charge in [0.05, 0.1) is 11.4 Å². The van der Waals surface area contributed by atoms with Gasteiger partial charge in [-0.15, -0.1) is 0 Å². The number of nitrogens with one attached hydrogen (secondary N) is 1. The van der Waals surface area contributed by atoms with Gasteiger partial charge in [-0.1, -0.05) is 12.1 Å². The predicted octanol–water partition coefficient (Wildman–Crippen LogP) is 2.37. The number of aliphatic hydroxyl groups excluding tert-OH is 1. The van der Waals surface area contributed by atoms with Crippen LogP contribution in [-0.4, -0.2) is 56.9 Å². The summed E-state index contributed by atoms with van der Waals surface area (Å²) in [5.41, 5.74) is 4.51. The number of fused-ring (bicyclic) bond motifs is 2. The fourth-order valence-corrected chi connectivity index (χ4v) is 3.82. The van der Waals surface area contributed by atoms with E-state index in [1.807, 2.05) is 25.2 Å². The largest absolute Gasteiger partial charge is 0.385 e. The molecule has 0 saturated heterocycles. The first kappa shape index (κ1) is 17.3. The molecule has 3 aromatic rings. The molecule has 2 N–H and O–H groups in total. The van der Waals surface area contributed by atoms with Crippen LogP contribution in [0.15, 0.2) is 36.5 Å². The highest BCUT2D eigenvalue weighted by Crippen LogP contribution is 2.23. The van der Waals surface area contributed by atoms with Crippen LogP contribution in [-0.2, 0) is 19.6 Å². The Bertz CT molecular complexity index is 881. The van der Waals surface area contributed by atoms with Crippen LogP contribution in [0, 0.1) is 0 Å². The smallest absolute Gasteiger partial charge is 0.110 e. The Morgan fingerprint density at radius 3 is 3.00 bits per heavy atom. The van der Waals surface area contributed by atoms with Crippen molar-refractivity contribution >= 4 is 10.9 Å². The molecule has 0 aliphatic carbocycles. The molecule has 0 amide bonds. The molecule has 3 heterocycles. The molecule has 0 saturated carbocycles. The molecule has 0 fully saturated rings. The molecule has 2 aromatic heterocycles. The standard InChI is InChI=1S/C20H27N5O/c1-23(2)14-20(26)19-11-16-13-24(9-4-10-25(16)22-19)12-15-5-3-6-18-17(15)7-8-21-18/h3,5-8,11,20-21,26H,4,9-10,12-14H2,1-2H3/t20-/m0/s1. The van der Waals surface area contributed by atoms with E-state index < -0.39 is 6.10 Å². The second-order valence-electron chi connectivity index (χ2n) is 7.48. The van der Waals surface area contributed by atoms with E-state index in [1.54, 1.807) is 0 Å². The van der Waals surface area contributed by atoms with Crippen LogP contribution in [0.1, 0.15) is 29.5 Å². The molecule has 6 heteroatoms. The van der Waals surface area contributed by atoms with Crippen molar-refractivity contribution < 1.29 is 5.11 Å². The molecule has 4 rings (SSSR count). The van der Waals surface area contributed by atoms with Gasteiger partial charge in [-0.2, -0.15) is 5.10 Å². The summed E-state index contributed by atoms with van der Waals surface area (Å²) in [6, 6.07) is 10.7. The Hall–Kier alpha value is -2.15. The molecule has 26 heavy (non-hydrogen) atoms. The second-order valence-corrected chi connectivity index (χ2v) is 7.48. The minimum Gasteiger partial charge on any atom is -0.385 e. The Kier molecular flexibility index (Phi) is 4.80. The fourth-order valence-electron chi connectivity index (χ4n) is 3.82. The van der Waals surface area contributed by atoms with Crippen LogP contribution in [0.3, 0.4) is 0 Å². The Morgan fingerprint density at radius 2 is 2.15 bits per heavy atom. The molecule has 0 bridgehead atoms. The number of likely N-dealkylation sites (N-methyl/N-ethyl adjacent to an activating group) is 1. The van der Waals surface area contributed by atoms with Crippen molar-refractivity contribution in [1.29, 1.82) is 0 Å². The lowest BCUT2D eigenvalue weighted by molar-refractivity contribution is 0.133. The molecule has 1 aliphatic heterocycles. The Labute approximate surface area is 154 Å². The molecule has 0 unspecified atom stereocenters. The van der Waals surface area contributed by atoms with Gasteiger partial charge in [-0.25, -0.2) is 0 Å². The van der Waals surface area contributed by atoms with Gasteiger partial charge in [0.1, 0.15) is 6.10 Å². The summed E-state index contributed by atoms with van der Waals surface area (Å²) in [5, 5.41) is 16.3. The summed E-state index contributed by atoms with van der Waals surface area (Å²) < 4.78 is 2.07. The predicted molar refractivity (Wildman–Crippen MR) is 103 cm³/mol. The van der Waals surface area contributed by atoms with Crippen LogP contribution < -0.4 is 0 Å². The maximum absolute atomic E-state index is 10.4. The van der Waals surface area contributed by atoms with Crippen molar-refractivity contribution in [2.45, 2.75) is 32.2 Å². The van der Waals surface area contributed by atoms with Gasteiger partial charge in [-0.05, 0) is 44.3 Å². The van der Waals surface area contributed by atoms with E-state index in [0.29, 0.717) is 6.54 Å². The van der Waals surface area contributed by atoms with Crippen molar-refractivity contribution in [2.75, 3.05) is 27.2 Å². The van der Waals surface area contributed by atoms with E-state index in [1.165, 1.54) is 22.2 Å². The number of aromatic nitrogens is 3. The van der Waals surface area contributed by atoms with E-state index in [0.717, 1.165) is 38.3 Å². The van der Waals surface area contributed by atoms with Crippen molar-refractivity contribution in [1.82, 2.24) is 24.6 Å². The first-order valence-electron chi connectivity index (χ1n) is 9.27. The number of rotatable bonds is 5. The van der Waals surface area contributed by atoms with Crippen molar-refractivity contribution in [3.63, 3.8) is 0 Å². The number of nitrogens with zero attached hydrogens (tertiary/aromatic N) is 4. The van der Waals surface area contributed by atoms with Gasteiger partial charge >= 0.3 is 0 Å². The minimum atomic E-state index is -0.536. The molecule has 1 atom stereocenters. The maximum atomic E-state index is 10.4. The minimum absolute atomic E-state index is 0.536. The first-order valence-corrected chi connectivity index (χ1v) is 9.27. The van der Waals surface area contributed by atoms with E-state index >= 15 is 0 Å². The number of H-pyrrole nitrogens is 1. The van der Waals surface area contributed by atoms with E-state index in [-0.39, 0.29) is 0 Å². The van der Waals surface area contributed by atoms with E-state index in [4.69, 9.17) is 0 Å². The summed E-state index contributed by atoms with van der Waals surface area (Å²) in [7, 11) is 3.93. The molecule has 138 valence electrons. The normalized spacial score (nSPS) is 16.8. The van der Waals surface area contributed by atoms with Crippen LogP contribution in [0.2, 0.25) is 0 Å². The first-order chi connectivity index (χ1) is 12.6. The molecule has 0 spiro atoms. The van der Waals surface area contributed by atoms with Crippen molar-refractivity contribution in [3.8, 4) is 0 Å². The number of benzene rings is 1. The van der Waals surface area contributed by atoms with Crippen LogP contribution in [0.5, 0.6) is 0 Å². The molecule has 0 radical (unpaired) electrons. The zero-order valence-electron chi connectivity index (χ0n) is 15.5. The average molecular weight is 353 g/mol. The molecular formula is C20H27N5O. The van der Waals surface area contributed by atoms with Gasteiger partial charge in [-0.3, -0.25) is 9.58 Å².